The smallest absolute Gasteiger partial charge is 0.0511 e. The largest absolute Gasteiger partial charge is 0.143 e. The fraction of sp³-hybridized carbons (Fsp3) is 0.250. The van der Waals surface area contributed by atoms with E-state index in [2.05, 4.69) is 45.2 Å². The molecule has 0 bridgehead atoms. The van der Waals surface area contributed by atoms with Crippen molar-refractivity contribution in [1.82, 2.24) is 0 Å². The van der Waals surface area contributed by atoms with Crippen molar-refractivity contribution in [2.24, 2.45) is 5.11 Å². The Balaban J connectivity index is 3.05. The summed E-state index contributed by atoms with van der Waals surface area (Å²) in [6.07, 6.45) is 0. The number of thiol groups is 1. The molecule has 68 valence electrons. The van der Waals surface area contributed by atoms with Gasteiger partial charge in [-0.25, -0.2) is 0 Å². The van der Waals surface area contributed by atoms with E-state index >= 15 is 0 Å². The van der Waals surface area contributed by atoms with Crippen LogP contribution in [0.4, 0.5) is 0 Å². The van der Waals surface area contributed by atoms with Gasteiger partial charge in [0, 0.05) is 13.4 Å². The highest BCUT2D eigenvalue weighted by Gasteiger charge is 2.01. The van der Waals surface area contributed by atoms with E-state index < -0.39 is 0 Å². The Hall–Kier alpha value is -0.390. The van der Waals surface area contributed by atoms with E-state index in [1.807, 2.05) is 19.1 Å². The molecule has 0 N–H and O–H groups in total. The molecule has 13 heavy (non-hydrogen) atoms. The Labute approximate surface area is 95.7 Å². The van der Waals surface area contributed by atoms with Crippen LogP contribution >= 0.6 is 35.2 Å². The van der Waals surface area contributed by atoms with Gasteiger partial charge in [0.25, 0.3) is 0 Å². The van der Waals surface area contributed by atoms with Gasteiger partial charge in [-0.15, -0.1) is 12.6 Å². The topological polar surface area (TPSA) is 48.8 Å². The minimum absolute atomic E-state index is 0.389. The van der Waals surface area contributed by atoms with Gasteiger partial charge in [0.05, 0.1) is 6.54 Å². The van der Waals surface area contributed by atoms with E-state index in [0.717, 1.165) is 19.6 Å². The van der Waals surface area contributed by atoms with Crippen molar-refractivity contribution in [3.8, 4) is 0 Å². The average Bonchev–Trinajstić information content (AvgIpc) is 2.10. The van der Waals surface area contributed by atoms with Crippen LogP contribution in [-0.2, 0) is 6.54 Å². The maximum Gasteiger partial charge on any atom is 0.0511 e. The Morgan fingerprint density at radius 3 is 2.85 bits per heavy atom. The van der Waals surface area contributed by atoms with Crippen LogP contribution in [0.25, 0.3) is 10.4 Å². The molecule has 0 spiro atoms. The van der Waals surface area contributed by atoms with Gasteiger partial charge >= 0.3 is 0 Å². The number of hydrogen-bond acceptors (Lipinski definition) is 2. The molecule has 0 radical (unpaired) electrons. The SMILES string of the molecule is Cc1c(S)cc(CN=[N+]=[N-])cc1I. The van der Waals surface area contributed by atoms with Gasteiger partial charge in [-0.05, 0) is 58.3 Å². The summed E-state index contributed by atoms with van der Waals surface area (Å²) in [6, 6.07) is 3.93. The summed E-state index contributed by atoms with van der Waals surface area (Å²) < 4.78 is 1.15. The fourth-order valence-corrected chi connectivity index (χ4v) is 2.11. The standard InChI is InChI=1S/C8H8IN3S/c1-5-7(9)2-6(3-8(5)13)4-11-12-10/h2-3,13H,4H2,1H3. The van der Waals surface area contributed by atoms with Crippen molar-refractivity contribution >= 4 is 35.2 Å². The average molecular weight is 305 g/mol. The highest BCUT2D eigenvalue weighted by molar-refractivity contribution is 14.1. The number of halogens is 1. The van der Waals surface area contributed by atoms with Crippen LogP contribution in [0, 0.1) is 10.5 Å². The number of rotatable bonds is 2. The molecule has 0 amide bonds. The quantitative estimate of drug-likeness (QED) is 0.285. The molecule has 1 aromatic carbocycles. The number of nitrogens with zero attached hydrogens (tertiary/aromatic N) is 3. The molecular weight excluding hydrogens is 297 g/mol. The van der Waals surface area contributed by atoms with E-state index in [1.165, 1.54) is 0 Å². The van der Waals surface area contributed by atoms with Gasteiger partial charge in [0.1, 0.15) is 0 Å². The second-order valence-corrected chi connectivity index (χ2v) is 4.25. The monoisotopic (exact) mass is 305 g/mol. The first kappa shape index (κ1) is 10.7. The van der Waals surface area contributed by atoms with Gasteiger partial charge in [0.15, 0.2) is 0 Å². The summed E-state index contributed by atoms with van der Waals surface area (Å²) in [7, 11) is 0. The predicted molar refractivity (Wildman–Crippen MR) is 64.0 cm³/mol. The third-order valence-corrected chi connectivity index (χ3v) is 3.28. The van der Waals surface area contributed by atoms with Crippen molar-refractivity contribution in [3.63, 3.8) is 0 Å². The van der Waals surface area contributed by atoms with E-state index in [9.17, 15) is 0 Å². The van der Waals surface area contributed by atoms with Gasteiger partial charge in [0.2, 0.25) is 0 Å². The zero-order valence-corrected chi connectivity index (χ0v) is 10.1. The Morgan fingerprint density at radius 2 is 2.31 bits per heavy atom. The summed E-state index contributed by atoms with van der Waals surface area (Å²) in [4.78, 5) is 3.65. The van der Waals surface area contributed by atoms with E-state index in [0.29, 0.717) is 6.54 Å². The molecule has 0 aliphatic rings. The molecule has 5 heteroatoms. The molecule has 0 unspecified atom stereocenters. The number of azide groups is 1. The zero-order chi connectivity index (χ0) is 9.84. The number of hydrogen-bond donors (Lipinski definition) is 1. The third-order valence-electron chi connectivity index (χ3n) is 1.69. The lowest BCUT2D eigenvalue weighted by Gasteiger charge is -2.04. The molecule has 0 atom stereocenters. The van der Waals surface area contributed by atoms with Crippen molar-refractivity contribution in [2.45, 2.75) is 18.4 Å². The summed E-state index contributed by atoms with van der Waals surface area (Å²) >= 11 is 6.56. The molecule has 1 rings (SSSR count). The Bertz CT molecular complexity index is 349. The van der Waals surface area contributed by atoms with Crippen LogP contribution in [-0.4, -0.2) is 0 Å². The molecule has 0 aliphatic heterocycles. The highest BCUT2D eigenvalue weighted by atomic mass is 127. The van der Waals surface area contributed by atoms with Gasteiger partial charge < -0.3 is 0 Å². The van der Waals surface area contributed by atoms with Crippen molar-refractivity contribution in [1.29, 1.82) is 0 Å². The minimum Gasteiger partial charge on any atom is -0.143 e. The molecule has 0 aliphatic carbocycles. The van der Waals surface area contributed by atoms with E-state index in [1.54, 1.807) is 0 Å². The summed E-state index contributed by atoms with van der Waals surface area (Å²) in [6.45, 7) is 2.40. The first-order chi connectivity index (χ1) is 6.15. The summed E-state index contributed by atoms with van der Waals surface area (Å²) in [5.41, 5.74) is 10.3. The van der Waals surface area contributed by atoms with Crippen molar-refractivity contribution in [3.05, 3.63) is 37.3 Å². The van der Waals surface area contributed by atoms with Crippen LogP contribution in [0.2, 0.25) is 0 Å². The first-order valence-electron chi connectivity index (χ1n) is 3.64. The molecule has 3 nitrogen and oxygen atoms in total. The van der Waals surface area contributed by atoms with Crippen LogP contribution < -0.4 is 0 Å². The molecule has 0 saturated heterocycles. The Kier molecular flexibility index (Phi) is 3.90. The summed E-state index contributed by atoms with van der Waals surface area (Å²) in [5, 5.41) is 3.50. The van der Waals surface area contributed by atoms with E-state index in [4.69, 9.17) is 5.53 Å². The van der Waals surface area contributed by atoms with Crippen molar-refractivity contribution in [2.75, 3.05) is 0 Å². The second-order valence-electron chi connectivity index (χ2n) is 2.61. The van der Waals surface area contributed by atoms with Crippen LogP contribution in [0.15, 0.2) is 22.1 Å². The molecule has 0 heterocycles. The van der Waals surface area contributed by atoms with Crippen LogP contribution in [0.1, 0.15) is 11.1 Å². The molecule has 0 aromatic heterocycles. The van der Waals surface area contributed by atoms with E-state index in [-0.39, 0.29) is 0 Å². The fourth-order valence-electron chi connectivity index (χ4n) is 0.923. The second kappa shape index (κ2) is 4.74. The number of benzene rings is 1. The maximum absolute atomic E-state index is 8.16. The lowest BCUT2D eigenvalue weighted by molar-refractivity contribution is 1.03. The lowest BCUT2D eigenvalue weighted by Crippen LogP contribution is -1.88. The molecular formula is C8H8IN3S. The maximum atomic E-state index is 8.16. The summed E-state index contributed by atoms with van der Waals surface area (Å²) in [5.74, 6) is 0. The molecule has 0 fully saturated rings. The predicted octanol–water partition coefficient (Wildman–Crippen LogP) is 3.70. The van der Waals surface area contributed by atoms with Crippen molar-refractivity contribution < 1.29 is 0 Å². The normalized spacial score (nSPS) is 9.46. The van der Waals surface area contributed by atoms with Crippen LogP contribution in [0.5, 0.6) is 0 Å². The first-order valence-corrected chi connectivity index (χ1v) is 5.16. The third kappa shape index (κ3) is 2.79. The molecule has 0 saturated carbocycles. The van der Waals surface area contributed by atoms with Gasteiger partial charge in [-0.2, -0.15) is 0 Å². The van der Waals surface area contributed by atoms with Gasteiger partial charge in [-0.3, -0.25) is 0 Å². The van der Waals surface area contributed by atoms with Gasteiger partial charge in [-0.1, -0.05) is 5.11 Å². The minimum atomic E-state index is 0.389. The lowest BCUT2D eigenvalue weighted by atomic mass is 10.1. The van der Waals surface area contributed by atoms with Crippen LogP contribution in [0.3, 0.4) is 0 Å². The highest BCUT2D eigenvalue weighted by Crippen LogP contribution is 2.22. The Morgan fingerprint density at radius 1 is 1.62 bits per heavy atom. The zero-order valence-electron chi connectivity index (χ0n) is 7.03. The molecule has 1 aromatic rings.